The van der Waals surface area contributed by atoms with E-state index in [9.17, 15) is 24.0 Å². The lowest BCUT2D eigenvalue weighted by atomic mass is 10.0. The molecule has 4 atom stereocenters. The van der Waals surface area contributed by atoms with Gasteiger partial charge in [0.2, 0.25) is 0 Å². The van der Waals surface area contributed by atoms with Gasteiger partial charge in [-0.1, -0.05) is 0 Å². The van der Waals surface area contributed by atoms with Gasteiger partial charge in [-0.2, -0.15) is 0 Å². The Balaban J connectivity index is 6.06. The fourth-order valence-corrected chi connectivity index (χ4v) is 2.27. The first-order valence-corrected chi connectivity index (χ1v) is 8.29. The maximum absolute atomic E-state index is 11.6. The van der Waals surface area contributed by atoms with Gasteiger partial charge in [-0.25, -0.2) is 0 Å². The van der Waals surface area contributed by atoms with Crippen LogP contribution in [-0.2, 0) is 52.4 Å². The molecule has 0 heterocycles. The maximum atomic E-state index is 11.6. The first-order chi connectivity index (χ1) is 13.0. The highest BCUT2D eigenvalue weighted by Crippen LogP contribution is 2.20. The Hall–Kier alpha value is -2.69. The number of ether oxygens (including phenoxy) is 6. The molecule has 11 nitrogen and oxygen atoms in total. The zero-order valence-electron chi connectivity index (χ0n) is 16.7. The van der Waals surface area contributed by atoms with Gasteiger partial charge in [0.15, 0.2) is 24.4 Å². The van der Waals surface area contributed by atoms with E-state index in [1.165, 1.54) is 7.11 Å². The third-order valence-electron chi connectivity index (χ3n) is 3.08. The second-order valence-electron chi connectivity index (χ2n) is 5.70. The molecule has 0 amide bonds. The van der Waals surface area contributed by atoms with Crippen molar-refractivity contribution in [3.05, 3.63) is 0 Å². The second kappa shape index (κ2) is 12.7. The fourth-order valence-electron chi connectivity index (χ4n) is 2.27. The Morgan fingerprint density at radius 3 is 1.21 bits per heavy atom. The highest BCUT2D eigenvalue weighted by molar-refractivity contribution is 5.69. The van der Waals surface area contributed by atoms with Crippen molar-refractivity contribution in [1.29, 1.82) is 0 Å². The van der Waals surface area contributed by atoms with E-state index in [2.05, 4.69) is 0 Å². The van der Waals surface area contributed by atoms with Gasteiger partial charge in [-0.15, -0.1) is 0 Å². The summed E-state index contributed by atoms with van der Waals surface area (Å²) >= 11 is 0. The largest absolute Gasteiger partial charge is 0.462 e. The third kappa shape index (κ3) is 10.5. The highest BCUT2D eigenvalue weighted by Gasteiger charge is 2.43. The Labute approximate surface area is 162 Å². The van der Waals surface area contributed by atoms with Gasteiger partial charge in [0, 0.05) is 41.7 Å². The van der Waals surface area contributed by atoms with Crippen LogP contribution < -0.4 is 0 Å². The molecule has 0 aromatic rings. The van der Waals surface area contributed by atoms with Gasteiger partial charge in [0.25, 0.3) is 0 Å². The minimum Gasteiger partial charge on any atom is -0.462 e. The first kappa shape index (κ1) is 25.3. The summed E-state index contributed by atoms with van der Waals surface area (Å²) in [5, 5.41) is 0. The number of hydrogen-bond donors (Lipinski definition) is 0. The summed E-state index contributed by atoms with van der Waals surface area (Å²) in [5.41, 5.74) is 0. The molecule has 0 aliphatic rings. The van der Waals surface area contributed by atoms with Crippen LogP contribution in [-0.4, -0.2) is 74.6 Å². The van der Waals surface area contributed by atoms with E-state index in [1.54, 1.807) is 0 Å². The van der Waals surface area contributed by atoms with E-state index in [-0.39, 0.29) is 6.61 Å². The average molecular weight is 406 g/mol. The van der Waals surface area contributed by atoms with Crippen LogP contribution >= 0.6 is 0 Å². The molecule has 0 aliphatic heterocycles. The SMILES string of the molecule is COC[C@H](OC(C)=O)[C@H](OC(C)=O)[C@@H](OC(C)=O)[C@@H](COC(C)=O)OC(C)=O. The Morgan fingerprint density at radius 1 is 0.571 bits per heavy atom. The number of carbonyl (C=O) groups excluding carboxylic acids is 5. The predicted molar refractivity (Wildman–Crippen MR) is 90.7 cm³/mol. The van der Waals surface area contributed by atoms with Crippen LogP contribution in [0, 0.1) is 0 Å². The Bertz CT molecular complexity index is 571. The van der Waals surface area contributed by atoms with Gasteiger partial charge in [0.1, 0.15) is 6.61 Å². The van der Waals surface area contributed by atoms with E-state index >= 15 is 0 Å². The molecule has 0 spiro atoms. The van der Waals surface area contributed by atoms with Crippen molar-refractivity contribution >= 4 is 29.8 Å². The zero-order valence-corrected chi connectivity index (χ0v) is 16.7. The molecule has 0 aliphatic carbocycles. The summed E-state index contributed by atoms with van der Waals surface area (Å²) in [4.78, 5) is 57.3. The monoisotopic (exact) mass is 406 g/mol. The van der Waals surface area contributed by atoms with Crippen molar-refractivity contribution in [3.63, 3.8) is 0 Å². The van der Waals surface area contributed by atoms with Gasteiger partial charge in [0.05, 0.1) is 6.61 Å². The van der Waals surface area contributed by atoms with Crippen LogP contribution in [0.4, 0.5) is 0 Å². The van der Waals surface area contributed by atoms with Crippen LogP contribution in [0.3, 0.4) is 0 Å². The van der Waals surface area contributed by atoms with Crippen molar-refractivity contribution in [2.45, 2.75) is 59.0 Å². The lowest BCUT2D eigenvalue weighted by molar-refractivity contribution is -0.205. The first-order valence-electron chi connectivity index (χ1n) is 8.29. The number of esters is 5. The minimum absolute atomic E-state index is 0.227. The van der Waals surface area contributed by atoms with Gasteiger partial charge >= 0.3 is 29.8 Å². The quantitative estimate of drug-likeness (QED) is 0.336. The molecule has 11 heteroatoms. The summed E-state index contributed by atoms with van der Waals surface area (Å²) in [6.45, 7) is 4.78. The lowest BCUT2D eigenvalue weighted by Crippen LogP contribution is -2.54. The van der Waals surface area contributed by atoms with E-state index in [0.29, 0.717) is 0 Å². The van der Waals surface area contributed by atoms with Crippen molar-refractivity contribution < 1.29 is 52.4 Å². The third-order valence-corrected chi connectivity index (χ3v) is 3.08. The number of rotatable bonds is 11. The summed E-state index contributed by atoms with van der Waals surface area (Å²) in [7, 11) is 1.31. The maximum Gasteiger partial charge on any atom is 0.303 e. The van der Waals surface area contributed by atoms with E-state index in [1.807, 2.05) is 0 Å². The summed E-state index contributed by atoms with van der Waals surface area (Å²) in [6.07, 6.45) is -5.41. The standard InChI is InChI=1S/C17H26O11/c1-9(18)24-8-15(26-11(3)20)17(28-13(5)22)16(27-12(4)21)14(7-23-6)25-10(2)19/h14-17H,7-8H2,1-6H3/t14-,15+,16-,17-/m0/s1. The number of methoxy groups -OCH3 is 1. The summed E-state index contributed by atoms with van der Waals surface area (Å²) < 4.78 is 30.4. The lowest BCUT2D eigenvalue weighted by Gasteiger charge is -2.35. The molecule has 0 bridgehead atoms. The topological polar surface area (TPSA) is 141 Å². The van der Waals surface area contributed by atoms with E-state index in [0.717, 1.165) is 34.6 Å². The van der Waals surface area contributed by atoms with Crippen molar-refractivity contribution in [1.82, 2.24) is 0 Å². The summed E-state index contributed by atoms with van der Waals surface area (Å²) in [5.74, 6) is -3.77. The predicted octanol–water partition coefficient (Wildman–Crippen LogP) is -0.0773. The van der Waals surface area contributed by atoms with Crippen molar-refractivity contribution in [3.8, 4) is 0 Å². The zero-order chi connectivity index (χ0) is 21.9. The molecule has 28 heavy (non-hydrogen) atoms. The van der Waals surface area contributed by atoms with Crippen LogP contribution in [0.15, 0.2) is 0 Å². The van der Waals surface area contributed by atoms with Crippen LogP contribution in [0.2, 0.25) is 0 Å². The molecule has 0 N–H and O–H groups in total. The normalized spacial score (nSPS) is 14.6. The molecule has 0 unspecified atom stereocenters. The number of carbonyl (C=O) groups is 5. The van der Waals surface area contributed by atoms with E-state index < -0.39 is 60.9 Å². The van der Waals surface area contributed by atoms with Gasteiger partial charge in [-0.3, -0.25) is 24.0 Å². The molecular weight excluding hydrogens is 380 g/mol. The molecule has 0 aromatic heterocycles. The smallest absolute Gasteiger partial charge is 0.303 e. The Morgan fingerprint density at radius 2 is 0.929 bits per heavy atom. The van der Waals surface area contributed by atoms with E-state index in [4.69, 9.17) is 28.4 Å². The van der Waals surface area contributed by atoms with Crippen molar-refractivity contribution in [2.75, 3.05) is 20.3 Å². The molecule has 0 aromatic carbocycles. The average Bonchev–Trinajstić information content (AvgIpc) is 2.53. The molecule has 0 saturated heterocycles. The van der Waals surface area contributed by atoms with Crippen LogP contribution in [0.1, 0.15) is 34.6 Å². The second-order valence-corrected chi connectivity index (χ2v) is 5.70. The van der Waals surface area contributed by atoms with Crippen molar-refractivity contribution in [2.24, 2.45) is 0 Å². The Kier molecular flexibility index (Phi) is 11.4. The summed E-state index contributed by atoms with van der Waals surface area (Å²) in [6, 6.07) is 0. The van der Waals surface area contributed by atoms with Crippen LogP contribution in [0.5, 0.6) is 0 Å². The van der Waals surface area contributed by atoms with Crippen LogP contribution in [0.25, 0.3) is 0 Å². The van der Waals surface area contributed by atoms with Gasteiger partial charge in [-0.05, 0) is 0 Å². The molecule has 0 saturated carbocycles. The molecule has 0 fully saturated rings. The fraction of sp³-hybridized carbons (Fsp3) is 0.706. The highest BCUT2D eigenvalue weighted by atomic mass is 16.6. The molecular formula is C17H26O11. The van der Waals surface area contributed by atoms with Gasteiger partial charge < -0.3 is 28.4 Å². The molecule has 0 rings (SSSR count). The molecule has 0 radical (unpaired) electrons. The molecule has 160 valence electrons. The number of hydrogen-bond acceptors (Lipinski definition) is 11. The minimum atomic E-state index is -1.45.